The topological polar surface area (TPSA) is 66.9 Å². The maximum atomic E-state index is 12.5. The molecule has 0 saturated heterocycles. The molecule has 0 spiro atoms. The summed E-state index contributed by atoms with van der Waals surface area (Å²) in [5.41, 5.74) is 0.490. The van der Waals surface area contributed by atoms with Gasteiger partial charge >= 0.3 is 12.4 Å². The van der Waals surface area contributed by atoms with Gasteiger partial charge in [0.2, 0.25) is 0 Å². The second-order valence-corrected chi connectivity index (χ2v) is 6.86. The third kappa shape index (κ3) is 7.30. The normalized spacial score (nSPS) is 11.4. The van der Waals surface area contributed by atoms with E-state index in [1.165, 1.54) is 30.2 Å². The molecule has 2 amide bonds. The fourth-order valence-electron chi connectivity index (χ4n) is 2.14. The van der Waals surface area contributed by atoms with E-state index in [2.05, 4.69) is 15.0 Å². The van der Waals surface area contributed by atoms with E-state index in [9.17, 15) is 18.0 Å². The fourth-order valence-corrected chi connectivity index (χ4v) is 3.16. The van der Waals surface area contributed by atoms with Crippen LogP contribution in [0.15, 0.2) is 18.2 Å². The van der Waals surface area contributed by atoms with Crippen LogP contribution >= 0.6 is 23.7 Å². The number of thiazole rings is 1. The van der Waals surface area contributed by atoms with Crippen LogP contribution in [0.1, 0.15) is 0 Å². The number of nitrogens with one attached hydrogen (secondary N) is 1. The van der Waals surface area contributed by atoms with Gasteiger partial charge in [0.05, 0.1) is 16.8 Å². The first-order chi connectivity index (χ1) is 12.7. The number of benzene rings is 1. The first-order valence-electron chi connectivity index (χ1n) is 8.05. The van der Waals surface area contributed by atoms with Crippen molar-refractivity contribution in [3.05, 3.63) is 18.2 Å². The zero-order valence-electron chi connectivity index (χ0n) is 15.6. The van der Waals surface area contributed by atoms with Crippen molar-refractivity contribution < 1.29 is 27.4 Å². The molecular weight excluding hydrogens is 421 g/mol. The van der Waals surface area contributed by atoms with Crippen molar-refractivity contribution in [3.63, 3.8) is 0 Å². The van der Waals surface area contributed by atoms with Crippen LogP contribution in [0.4, 0.5) is 23.1 Å². The summed E-state index contributed by atoms with van der Waals surface area (Å²) in [7, 11) is 5.28. The molecule has 0 unspecified atom stereocenters. The predicted molar refractivity (Wildman–Crippen MR) is 105 cm³/mol. The number of hydrogen-bond acceptors (Lipinski definition) is 6. The summed E-state index contributed by atoms with van der Waals surface area (Å²) in [5, 5.41) is 3.12. The van der Waals surface area contributed by atoms with Gasteiger partial charge < -0.3 is 19.7 Å². The number of aromatic nitrogens is 1. The molecule has 158 valence electrons. The van der Waals surface area contributed by atoms with Crippen LogP contribution in [0, 0.1) is 0 Å². The summed E-state index contributed by atoms with van der Waals surface area (Å²) in [4.78, 5) is 20.2. The molecular formula is C16H22ClF3N4O3S. The Morgan fingerprint density at radius 3 is 2.61 bits per heavy atom. The monoisotopic (exact) mass is 442 g/mol. The fraction of sp³-hybridized carbons (Fsp3) is 0.500. The van der Waals surface area contributed by atoms with Crippen LogP contribution < -0.4 is 15.0 Å². The lowest BCUT2D eigenvalue weighted by molar-refractivity contribution is -0.274. The molecule has 0 saturated carbocycles. The Bertz CT molecular complexity index is 773. The van der Waals surface area contributed by atoms with Crippen molar-refractivity contribution in [3.8, 4) is 5.75 Å². The molecule has 0 fully saturated rings. The number of hydrogen-bond donors (Lipinski definition) is 1. The third-order valence-corrected chi connectivity index (χ3v) is 4.45. The minimum Gasteiger partial charge on any atom is -0.406 e. The summed E-state index contributed by atoms with van der Waals surface area (Å²) in [6.07, 6.45) is -4.76. The Hall–Kier alpha value is -1.82. The van der Waals surface area contributed by atoms with Crippen molar-refractivity contribution in [1.82, 2.24) is 15.2 Å². The van der Waals surface area contributed by atoms with E-state index in [0.717, 1.165) is 11.3 Å². The van der Waals surface area contributed by atoms with Gasteiger partial charge in [-0.3, -0.25) is 4.90 Å². The zero-order valence-corrected chi connectivity index (χ0v) is 17.2. The van der Waals surface area contributed by atoms with Gasteiger partial charge in [-0.1, -0.05) is 11.3 Å². The smallest absolute Gasteiger partial charge is 0.406 e. The van der Waals surface area contributed by atoms with Crippen molar-refractivity contribution in [2.75, 3.05) is 52.3 Å². The number of nitrogens with zero attached hydrogens (tertiary/aromatic N) is 3. The summed E-state index contributed by atoms with van der Waals surface area (Å²) in [5.74, 6) is -0.324. The standard InChI is InChI=1S/C16H21F3N4O3S.ClH/c1-22(2)7-8-23(14(24)20-6-9-25-3)15-21-12-5-4-11(10-13(12)27-15)26-16(17,18)19;/h4-5,10H,6-9H2,1-3H3,(H,20,24);1H. The molecule has 12 heteroatoms. The summed E-state index contributed by atoms with van der Waals surface area (Å²) in [6.45, 7) is 1.67. The molecule has 0 aliphatic heterocycles. The van der Waals surface area contributed by atoms with E-state index < -0.39 is 6.36 Å². The molecule has 1 aromatic carbocycles. The van der Waals surface area contributed by atoms with Gasteiger partial charge in [-0.25, -0.2) is 9.78 Å². The number of likely N-dealkylation sites (N-methyl/N-ethyl adjacent to an activating group) is 1. The Labute approximate surface area is 170 Å². The Balaban J connectivity index is 0.00000392. The number of ether oxygens (including phenoxy) is 2. The molecule has 1 N–H and O–H groups in total. The quantitative estimate of drug-likeness (QED) is 0.635. The minimum absolute atomic E-state index is 0. The number of rotatable bonds is 8. The van der Waals surface area contributed by atoms with E-state index in [-0.39, 0.29) is 24.2 Å². The Morgan fingerprint density at radius 1 is 1.29 bits per heavy atom. The summed E-state index contributed by atoms with van der Waals surface area (Å²) in [6, 6.07) is 3.54. The lowest BCUT2D eigenvalue weighted by Crippen LogP contribution is -2.44. The van der Waals surface area contributed by atoms with Gasteiger partial charge in [-0.15, -0.1) is 25.6 Å². The molecule has 0 atom stereocenters. The van der Waals surface area contributed by atoms with Crippen molar-refractivity contribution in [2.24, 2.45) is 0 Å². The van der Waals surface area contributed by atoms with Crippen LogP contribution in [0.5, 0.6) is 5.75 Å². The highest BCUT2D eigenvalue weighted by Crippen LogP contribution is 2.33. The predicted octanol–water partition coefficient (Wildman–Crippen LogP) is 3.34. The third-order valence-electron chi connectivity index (χ3n) is 3.41. The Kier molecular flexibility index (Phi) is 9.21. The molecule has 2 aromatic rings. The van der Waals surface area contributed by atoms with E-state index >= 15 is 0 Å². The van der Waals surface area contributed by atoms with Crippen molar-refractivity contribution in [2.45, 2.75) is 6.36 Å². The largest absolute Gasteiger partial charge is 0.573 e. The molecule has 7 nitrogen and oxygen atoms in total. The summed E-state index contributed by atoms with van der Waals surface area (Å²) >= 11 is 1.12. The van der Waals surface area contributed by atoms with Crippen molar-refractivity contribution >= 4 is 45.1 Å². The second-order valence-electron chi connectivity index (χ2n) is 5.85. The maximum absolute atomic E-state index is 12.5. The van der Waals surface area contributed by atoms with Crippen LogP contribution in [0.2, 0.25) is 0 Å². The van der Waals surface area contributed by atoms with Gasteiger partial charge in [0.1, 0.15) is 5.75 Å². The second kappa shape index (κ2) is 10.6. The molecule has 0 radical (unpaired) electrons. The molecule has 1 heterocycles. The minimum atomic E-state index is -4.76. The van der Waals surface area contributed by atoms with E-state index in [4.69, 9.17) is 4.74 Å². The molecule has 28 heavy (non-hydrogen) atoms. The Morgan fingerprint density at radius 2 is 2.00 bits per heavy atom. The first kappa shape index (κ1) is 24.2. The van der Waals surface area contributed by atoms with Gasteiger partial charge in [0.25, 0.3) is 0 Å². The maximum Gasteiger partial charge on any atom is 0.573 e. The van der Waals surface area contributed by atoms with Gasteiger partial charge in [0, 0.05) is 32.8 Å². The highest BCUT2D eigenvalue weighted by Gasteiger charge is 2.31. The molecule has 2 rings (SSSR count). The number of anilines is 1. The van der Waals surface area contributed by atoms with Gasteiger partial charge in [0.15, 0.2) is 5.13 Å². The number of amides is 2. The lowest BCUT2D eigenvalue weighted by atomic mass is 10.3. The highest BCUT2D eigenvalue weighted by atomic mass is 35.5. The van der Waals surface area contributed by atoms with Crippen LogP contribution in [-0.4, -0.2) is 69.7 Å². The number of carbonyl (C=O) groups is 1. The van der Waals surface area contributed by atoms with Crippen molar-refractivity contribution in [1.29, 1.82) is 0 Å². The molecule has 0 aliphatic rings. The van der Waals surface area contributed by atoms with E-state index in [0.29, 0.717) is 41.6 Å². The average Bonchev–Trinajstić information content (AvgIpc) is 2.96. The van der Waals surface area contributed by atoms with Crippen LogP contribution in [-0.2, 0) is 4.74 Å². The van der Waals surface area contributed by atoms with E-state index in [1.54, 1.807) is 0 Å². The van der Waals surface area contributed by atoms with Gasteiger partial charge in [-0.2, -0.15) is 0 Å². The first-order valence-corrected chi connectivity index (χ1v) is 8.86. The number of methoxy groups -OCH3 is 1. The number of fused-ring (bicyclic) bond motifs is 1. The van der Waals surface area contributed by atoms with Crippen LogP contribution in [0.25, 0.3) is 10.2 Å². The van der Waals surface area contributed by atoms with Crippen LogP contribution in [0.3, 0.4) is 0 Å². The number of urea groups is 1. The molecule has 0 bridgehead atoms. The lowest BCUT2D eigenvalue weighted by Gasteiger charge is -2.22. The number of carbonyl (C=O) groups excluding carboxylic acids is 1. The summed E-state index contributed by atoms with van der Waals surface area (Å²) < 4.78 is 46.5. The number of alkyl halides is 3. The number of halogens is 4. The highest BCUT2D eigenvalue weighted by molar-refractivity contribution is 7.22. The zero-order chi connectivity index (χ0) is 20.0. The van der Waals surface area contributed by atoms with E-state index in [1.807, 2.05) is 19.0 Å². The molecule has 0 aliphatic carbocycles. The van der Waals surface area contributed by atoms with Gasteiger partial charge in [-0.05, 0) is 26.2 Å². The molecule has 1 aromatic heterocycles. The SMILES string of the molecule is COCCNC(=O)N(CCN(C)C)c1nc2ccc(OC(F)(F)F)cc2s1.Cl. The average molecular weight is 443 g/mol.